The summed E-state index contributed by atoms with van der Waals surface area (Å²) in [6, 6.07) is 5.14. The molecule has 4 heteroatoms. The number of amides is 1. The molecule has 1 aliphatic rings. The summed E-state index contributed by atoms with van der Waals surface area (Å²) in [5, 5.41) is 12.1. The molecule has 0 aliphatic heterocycles. The van der Waals surface area contributed by atoms with Crippen molar-refractivity contribution in [2.75, 3.05) is 5.32 Å². The number of carbonyl (C=O) groups is 2. The lowest BCUT2D eigenvalue weighted by molar-refractivity contribution is -0.122. The summed E-state index contributed by atoms with van der Waals surface area (Å²) in [6.07, 6.45) is 2.95. The van der Waals surface area contributed by atoms with Crippen LogP contribution in [0.2, 0.25) is 0 Å². The number of hydrogen-bond donors (Lipinski definition) is 2. The molecular formula is C16H21NO3. The number of aryl methyl sites for hydroxylation is 1. The lowest BCUT2D eigenvalue weighted by Gasteiger charge is -2.26. The van der Waals surface area contributed by atoms with Crippen LogP contribution in [0.1, 0.15) is 49.0 Å². The van der Waals surface area contributed by atoms with Gasteiger partial charge in [-0.2, -0.15) is 0 Å². The molecule has 1 aromatic carbocycles. The lowest BCUT2D eigenvalue weighted by Crippen LogP contribution is -2.31. The molecule has 0 saturated heterocycles. The van der Waals surface area contributed by atoms with E-state index < -0.39 is 5.97 Å². The van der Waals surface area contributed by atoms with Gasteiger partial charge in [-0.05, 0) is 36.8 Å². The highest BCUT2D eigenvalue weighted by molar-refractivity contribution is 6.02. The van der Waals surface area contributed by atoms with Gasteiger partial charge in [-0.1, -0.05) is 32.4 Å². The lowest BCUT2D eigenvalue weighted by atomic mass is 9.81. The fourth-order valence-corrected chi connectivity index (χ4v) is 3.09. The Bertz CT molecular complexity index is 549. The number of carboxylic acids is 1. The first kappa shape index (κ1) is 14.6. The Balaban J connectivity index is 2.25. The van der Waals surface area contributed by atoms with Crippen molar-refractivity contribution in [2.24, 2.45) is 11.3 Å². The zero-order chi connectivity index (χ0) is 14.9. The van der Waals surface area contributed by atoms with Gasteiger partial charge in [0.05, 0.1) is 11.3 Å². The van der Waals surface area contributed by atoms with E-state index in [0.29, 0.717) is 11.3 Å². The van der Waals surface area contributed by atoms with Crippen molar-refractivity contribution in [3.05, 3.63) is 29.3 Å². The van der Waals surface area contributed by atoms with E-state index in [0.717, 1.165) is 19.3 Å². The molecule has 1 amide bonds. The summed E-state index contributed by atoms with van der Waals surface area (Å²) >= 11 is 0. The summed E-state index contributed by atoms with van der Waals surface area (Å²) < 4.78 is 0. The molecule has 1 aromatic rings. The van der Waals surface area contributed by atoms with E-state index in [1.54, 1.807) is 25.1 Å². The number of rotatable bonds is 3. The third-order valence-corrected chi connectivity index (χ3v) is 4.32. The van der Waals surface area contributed by atoms with E-state index in [-0.39, 0.29) is 22.8 Å². The standard InChI is InChI=1S/C16H21NO3/c1-10-6-4-8-12(13(10)15(19)20)17-14(18)11-7-5-9-16(11,2)3/h4,6,8,11H,5,7,9H2,1-3H3,(H,17,18)(H,19,20). The summed E-state index contributed by atoms with van der Waals surface area (Å²) in [5.41, 5.74) is 1.21. The molecule has 1 unspecified atom stereocenters. The average molecular weight is 275 g/mol. The van der Waals surface area contributed by atoms with Gasteiger partial charge in [-0.25, -0.2) is 4.79 Å². The van der Waals surface area contributed by atoms with E-state index in [4.69, 9.17) is 0 Å². The van der Waals surface area contributed by atoms with Crippen molar-refractivity contribution in [2.45, 2.75) is 40.0 Å². The van der Waals surface area contributed by atoms with Gasteiger partial charge in [-0.3, -0.25) is 4.79 Å². The zero-order valence-corrected chi connectivity index (χ0v) is 12.2. The van der Waals surface area contributed by atoms with Crippen molar-refractivity contribution in [1.29, 1.82) is 0 Å². The highest BCUT2D eigenvalue weighted by Gasteiger charge is 2.39. The molecule has 0 spiro atoms. The van der Waals surface area contributed by atoms with Gasteiger partial charge >= 0.3 is 5.97 Å². The number of benzene rings is 1. The molecule has 20 heavy (non-hydrogen) atoms. The van der Waals surface area contributed by atoms with Crippen LogP contribution in [0.3, 0.4) is 0 Å². The third kappa shape index (κ3) is 2.69. The Morgan fingerprint density at radius 1 is 1.35 bits per heavy atom. The van der Waals surface area contributed by atoms with Crippen LogP contribution in [0.4, 0.5) is 5.69 Å². The topological polar surface area (TPSA) is 66.4 Å². The van der Waals surface area contributed by atoms with Crippen LogP contribution in [-0.2, 0) is 4.79 Å². The monoisotopic (exact) mass is 275 g/mol. The second-order valence-electron chi connectivity index (χ2n) is 6.23. The predicted molar refractivity (Wildman–Crippen MR) is 77.9 cm³/mol. The summed E-state index contributed by atoms with van der Waals surface area (Å²) in [7, 11) is 0. The van der Waals surface area contributed by atoms with E-state index in [1.807, 2.05) is 0 Å². The number of carboxylic acid groups (broad SMARTS) is 1. The molecule has 108 valence electrons. The minimum absolute atomic E-state index is 0.0166. The van der Waals surface area contributed by atoms with Gasteiger partial charge in [0, 0.05) is 5.92 Å². The molecule has 0 radical (unpaired) electrons. The highest BCUT2D eigenvalue weighted by atomic mass is 16.4. The maximum atomic E-state index is 12.4. The molecule has 1 saturated carbocycles. The maximum Gasteiger partial charge on any atom is 0.338 e. The maximum absolute atomic E-state index is 12.4. The minimum atomic E-state index is -1.01. The van der Waals surface area contributed by atoms with Gasteiger partial charge in [-0.15, -0.1) is 0 Å². The number of anilines is 1. The Kier molecular flexibility index (Phi) is 3.84. The van der Waals surface area contributed by atoms with Crippen LogP contribution in [0.5, 0.6) is 0 Å². The molecule has 2 N–H and O–H groups in total. The molecule has 0 aromatic heterocycles. The third-order valence-electron chi connectivity index (χ3n) is 4.32. The van der Waals surface area contributed by atoms with Gasteiger partial charge < -0.3 is 10.4 Å². The quantitative estimate of drug-likeness (QED) is 0.887. The van der Waals surface area contributed by atoms with Crippen LogP contribution in [-0.4, -0.2) is 17.0 Å². The second kappa shape index (κ2) is 5.27. The summed E-state index contributed by atoms with van der Waals surface area (Å²) in [4.78, 5) is 23.7. The van der Waals surface area contributed by atoms with Crippen LogP contribution in [0.15, 0.2) is 18.2 Å². The fourth-order valence-electron chi connectivity index (χ4n) is 3.09. The van der Waals surface area contributed by atoms with Gasteiger partial charge in [0.15, 0.2) is 0 Å². The highest BCUT2D eigenvalue weighted by Crippen LogP contribution is 2.43. The normalized spacial score (nSPS) is 20.6. The molecule has 0 bridgehead atoms. The van der Waals surface area contributed by atoms with Crippen LogP contribution in [0, 0.1) is 18.3 Å². The predicted octanol–water partition coefficient (Wildman–Crippen LogP) is 3.46. The molecule has 0 heterocycles. The van der Waals surface area contributed by atoms with Crippen molar-refractivity contribution in [3.63, 3.8) is 0 Å². The second-order valence-corrected chi connectivity index (χ2v) is 6.23. The van der Waals surface area contributed by atoms with E-state index in [9.17, 15) is 14.7 Å². The molecule has 2 rings (SSSR count). The van der Waals surface area contributed by atoms with Gasteiger partial charge in [0.2, 0.25) is 5.91 Å². The van der Waals surface area contributed by atoms with E-state index in [2.05, 4.69) is 19.2 Å². The number of hydrogen-bond acceptors (Lipinski definition) is 2. The average Bonchev–Trinajstić information content (AvgIpc) is 2.68. The van der Waals surface area contributed by atoms with Crippen molar-refractivity contribution < 1.29 is 14.7 Å². The Hall–Kier alpha value is -1.84. The number of aromatic carboxylic acids is 1. The zero-order valence-electron chi connectivity index (χ0n) is 12.2. The molecule has 1 aliphatic carbocycles. The largest absolute Gasteiger partial charge is 0.478 e. The molecule has 1 atom stereocenters. The van der Waals surface area contributed by atoms with E-state index >= 15 is 0 Å². The van der Waals surface area contributed by atoms with Crippen LogP contribution in [0.25, 0.3) is 0 Å². The molecule has 4 nitrogen and oxygen atoms in total. The summed E-state index contributed by atoms with van der Waals surface area (Å²) in [6.45, 7) is 5.93. The Labute approximate surface area is 119 Å². The minimum Gasteiger partial charge on any atom is -0.478 e. The SMILES string of the molecule is Cc1cccc(NC(=O)C2CCCC2(C)C)c1C(=O)O. The van der Waals surface area contributed by atoms with Crippen molar-refractivity contribution in [1.82, 2.24) is 0 Å². The first-order chi connectivity index (χ1) is 9.33. The molecule has 1 fully saturated rings. The Morgan fingerprint density at radius 2 is 2.05 bits per heavy atom. The smallest absolute Gasteiger partial charge is 0.338 e. The first-order valence-electron chi connectivity index (χ1n) is 6.97. The van der Waals surface area contributed by atoms with Crippen molar-refractivity contribution >= 4 is 17.6 Å². The number of carbonyl (C=O) groups excluding carboxylic acids is 1. The van der Waals surface area contributed by atoms with Gasteiger partial charge in [0.1, 0.15) is 0 Å². The van der Waals surface area contributed by atoms with Crippen LogP contribution < -0.4 is 5.32 Å². The first-order valence-corrected chi connectivity index (χ1v) is 6.97. The number of nitrogens with one attached hydrogen (secondary N) is 1. The Morgan fingerprint density at radius 3 is 2.60 bits per heavy atom. The van der Waals surface area contributed by atoms with Gasteiger partial charge in [0.25, 0.3) is 0 Å². The fraction of sp³-hybridized carbons (Fsp3) is 0.500. The van der Waals surface area contributed by atoms with Crippen LogP contribution >= 0.6 is 0 Å². The van der Waals surface area contributed by atoms with E-state index in [1.165, 1.54) is 0 Å². The summed E-state index contributed by atoms with van der Waals surface area (Å²) in [5.74, 6) is -1.13. The molecular weight excluding hydrogens is 254 g/mol. The van der Waals surface area contributed by atoms with Crippen molar-refractivity contribution in [3.8, 4) is 0 Å².